The molecule has 1 heterocycles. The van der Waals surface area contributed by atoms with E-state index in [1.807, 2.05) is 19.0 Å². The Labute approximate surface area is 143 Å². The third-order valence-corrected chi connectivity index (χ3v) is 3.20. The van der Waals surface area contributed by atoms with E-state index >= 15 is 0 Å². The van der Waals surface area contributed by atoms with Crippen LogP contribution in [0.4, 0.5) is 35.0 Å². The fourth-order valence-electron chi connectivity index (χ4n) is 2.01. The minimum absolute atomic E-state index is 0.0240. The summed E-state index contributed by atoms with van der Waals surface area (Å²) in [7, 11) is 3.82. The summed E-state index contributed by atoms with van der Waals surface area (Å²) >= 11 is 0. The summed E-state index contributed by atoms with van der Waals surface area (Å²) in [4.78, 5) is 9.53. The lowest BCUT2D eigenvalue weighted by Gasteiger charge is -2.13. The Bertz CT molecular complexity index is 686. The molecule has 0 saturated carbocycles. The maximum absolute atomic E-state index is 13.0. The van der Waals surface area contributed by atoms with E-state index in [1.54, 1.807) is 0 Å². The van der Waals surface area contributed by atoms with Crippen LogP contribution in [0.15, 0.2) is 30.3 Å². The monoisotopic (exact) mass is 357 g/mol. The summed E-state index contributed by atoms with van der Waals surface area (Å²) < 4.78 is 52.0. The number of nitrogens with zero attached hydrogens (tertiary/aromatic N) is 3. The molecule has 0 aliphatic rings. The van der Waals surface area contributed by atoms with Gasteiger partial charge in [0.2, 0.25) is 5.95 Å². The fourth-order valence-corrected chi connectivity index (χ4v) is 2.01. The number of alkyl halides is 3. The molecule has 0 aliphatic heterocycles. The van der Waals surface area contributed by atoms with Crippen molar-refractivity contribution in [3.05, 3.63) is 41.8 Å². The number of hydrogen-bond acceptors (Lipinski definition) is 5. The summed E-state index contributed by atoms with van der Waals surface area (Å²) in [6.45, 7) is 1.22. The van der Waals surface area contributed by atoms with Crippen molar-refractivity contribution in [2.45, 2.75) is 12.6 Å². The summed E-state index contributed by atoms with van der Waals surface area (Å²) in [5.41, 5.74) is -0.631. The fraction of sp³-hybridized carbons (Fsp3) is 0.375. The predicted molar refractivity (Wildman–Crippen MR) is 88.4 cm³/mol. The normalized spacial score (nSPS) is 11.6. The Balaban J connectivity index is 2.17. The number of benzene rings is 1. The summed E-state index contributed by atoms with van der Waals surface area (Å²) in [5.74, 6) is -0.574. The smallest absolute Gasteiger partial charge is 0.354 e. The quantitative estimate of drug-likeness (QED) is 0.584. The highest BCUT2D eigenvalue weighted by Crippen LogP contribution is 2.30. The zero-order valence-electron chi connectivity index (χ0n) is 13.9. The van der Waals surface area contributed by atoms with Crippen LogP contribution in [0.5, 0.6) is 0 Å². The molecule has 0 unspecified atom stereocenters. The largest absolute Gasteiger partial charge is 0.433 e. The van der Waals surface area contributed by atoms with Crippen LogP contribution in [0.25, 0.3) is 0 Å². The molecule has 0 amide bonds. The van der Waals surface area contributed by atoms with E-state index in [2.05, 4.69) is 20.6 Å². The molecule has 136 valence electrons. The van der Waals surface area contributed by atoms with Gasteiger partial charge in [-0.25, -0.2) is 9.37 Å². The van der Waals surface area contributed by atoms with Gasteiger partial charge in [0.15, 0.2) is 5.69 Å². The van der Waals surface area contributed by atoms with Crippen LogP contribution < -0.4 is 10.6 Å². The zero-order chi connectivity index (χ0) is 18.4. The Morgan fingerprint density at radius 3 is 2.36 bits per heavy atom. The second kappa shape index (κ2) is 8.11. The summed E-state index contributed by atoms with van der Waals surface area (Å²) in [6.07, 6.45) is -3.87. The number of halogens is 4. The molecular weight excluding hydrogens is 338 g/mol. The van der Waals surface area contributed by atoms with Crippen LogP contribution in [0.2, 0.25) is 0 Å². The molecule has 0 fully saturated rings. The van der Waals surface area contributed by atoms with Crippen molar-refractivity contribution < 1.29 is 17.6 Å². The highest BCUT2D eigenvalue weighted by atomic mass is 19.4. The van der Waals surface area contributed by atoms with E-state index in [-0.39, 0.29) is 11.8 Å². The average molecular weight is 357 g/mol. The average Bonchev–Trinajstić information content (AvgIpc) is 2.53. The van der Waals surface area contributed by atoms with E-state index in [4.69, 9.17) is 0 Å². The van der Waals surface area contributed by atoms with Crippen LogP contribution in [0.3, 0.4) is 0 Å². The number of hydrogen-bond donors (Lipinski definition) is 2. The molecule has 1 aromatic heterocycles. The number of rotatable bonds is 7. The van der Waals surface area contributed by atoms with Gasteiger partial charge in [-0.05, 0) is 51.3 Å². The molecule has 0 atom stereocenters. The topological polar surface area (TPSA) is 53.1 Å². The van der Waals surface area contributed by atoms with Gasteiger partial charge in [0, 0.05) is 18.3 Å². The van der Waals surface area contributed by atoms with Crippen molar-refractivity contribution in [2.75, 3.05) is 37.8 Å². The van der Waals surface area contributed by atoms with E-state index in [0.29, 0.717) is 12.2 Å². The summed E-state index contributed by atoms with van der Waals surface area (Å²) in [6, 6.07) is 6.04. The number of nitrogens with one attached hydrogen (secondary N) is 2. The van der Waals surface area contributed by atoms with Gasteiger partial charge in [-0.3, -0.25) is 0 Å². The van der Waals surface area contributed by atoms with Crippen LogP contribution in [0.1, 0.15) is 12.1 Å². The van der Waals surface area contributed by atoms with E-state index in [1.165, 1.54) is 24.3 Å². The Morgan fingerprint density at radius 1 is 1.08 bits per heavy atom. The molecule has 0 bridgehead atoms. The molecule has 5 nitrogen and oxygen atoms in total. The first-order valence-electron chi connectivity index (χ1n) is 7.61. The lowest BCUT2D eigenvalue weighted by Crippen LogP contribution is -2.18. The molecule has 2 N–H and O–H groups in total. The molecule has 0 saturated heterocycles. The van der Waals surface area contributed by atoms with Crippen molar-refractivity contribution in [2.24, 2.45) is 0 Å². The molecule has 2 rings (SSSR count). The highest BCUT2D eigenvalue weighted by molar-refractivity contribution is 5.57. The third kappa shape index (κ3) is 6.18. The van der Waals surface area contributed by atoms with Gasteiger partial charge >= 0.3 is 6.18 Å². The van der Waals surface area contributed by atoms with Gasteiger partial charge in [-0.15, -0.1) is 0 Å². The van der Waals surface area contributed by atoms with Crippen molar-refractivity contribution >= 4 is 17.5 Å². The molecule has 2 aromatic rings. The standard InChI is InChI=1S/C16H19F4N5/c1-25(2)9-3-8-21-15-23-13(16(18,19)20)10-14(24-15)22-12-6-4-11(17)5-7-12/h4-7,10H,3,8-9H2,1-2H3,(H2,21,22,23,24). The van der Waals surface area contributed by atoms with E-state index in [9.17, 15) is 17.6 Å². The maximum atomic E-state index is 13.0. The van der Waals surface area contributed by atoms with E-state index in [0.717, 1.165) is 19.0 Å². The molecule has 9 heteroatoms. The SMILES string of the molecule is CN(C)CCCNc1nc(Nc2ccc(F)cc2)cc(C(F)(F)F)n1. The van der Waals surface area contributed by atoms with Gasteiger partial charge in [0.25, 0.3) is 0 Å². The first kappa shape index (κ1) is 18.9. The summed E-state index contributed by atoms with van der Waals surface area (Å²) in [5, 5.41) is 5.53. The molecular formula is C16H19F4N5. The minimum Gasteiger partial charge on any atom is -0.354 e. The number of aromatic nitrogens is 2. The second-order valence-corrected chi connectivity index (χ2v) is 5.68. The van der Waals surface area contributed by atoms with Crippen LogP contribution in [-0.2, 0) is 6.18 Å². The van der Waals surface area contributed by atoms with Crippen LogP contribution >= 0.6 is 0 Å². The first-order chi connectivity index (χ1) is 11.7. The van der Waals surface area contributed by atoms with Gasteiger partial charge in [-0.2, -0.15) is 18.2 Å². The highest BCUT2D eigenvalue weighted by Gasteiger charge is 2.33. The third-order valence-electron chi connectivity index (χ3n) is 3.20. The van der Waals surface area contributed by atoms with Gasteiger partial charge < -0.3 is 15.5 Å². The lowest BCUT2D eigenvalue weighted by atomic mass is 10.3. The zero-order valence-corrected chi connectivity index (χ0v) is 13.9. The van der Waals surface area contributed by atoms with E-state index < -0.39 is 17.7 Å². The van der Waals surface area contributed by atoms with Crippen molar-refractivity contribution in [3.63, 3.8) is 0 Å². The maximum Gasteiger partial charge on any atom is 0.433 e. The Morgan fingerprint density at radius 2 is 1.76 bits per heavy atom. The molecule has 25 heavy (non-hydrogen) atoms. The predicted octanol–water partition coefficient (Wildman–Crippen LogP) is 3.74. The molecule has 0 aliphatic carbocycles. The molecule has 1 aromatic carbocycles. The first-order valence-corrected chi connectivity index (χ1v) is 7.61. The van der Waals surface area contributed by atoms with Crippen LogP contribution in [-0.4, -0.2) is 42.1 Å². The Hall–Kier alpha value is -2.42. The van der Waals surface area contributed by atoms with Crippen molar-refractivity contribution in [1.82, 2.24) is 14.9 Å². The van der Waals surface area contributed by atoms with Crippen molar-refractivity contribution in [3.8, 4) is 0 Å². The minimum atomic E-state index is -4.60. The second-order valence-electron chi connectivity index (χ2n) is 5.68. The number of anilines is 3. The molecule has 0 radical (unpaired) electrons. The van der Waals surface area contributed by atoms with Gasteiger partial charge in [-0.1, -0.05) is 0 Å². The van der Waals surface area contributed by atoms with Crippen molar-refractivity contribution in [1.29, 1.82) is 0 Å². The molecule has 0 spiro atoms. The lowest BCUT2D eigenvalue weighted by molar-refractivity contribution is -0.141. The Kier molecular flexibility index (Phi) is 6.13. The van der Waals surface area contributed by atoms with Gasteiger partial charge in [0.05, 0.1) is 0 Å². The van der Waals surface area contributed by atoms with Gasteiger partial charge in [0.1, 0.15) is 11.6 Å². The van der Waals surface area contributed by atoms with Crippen LogP contribution in [0, 0.1) is 5.82 Å².